The molecule has 0 aliphatic carbocycles. The second kappa shape index (κ2) is 5.22. The molecular weight excluding hydrogens is 279 g/mol. The number of aliphatic hydroxyl groups excluding tert-OH is 1. The normalized spacial score (nSPS) is 12.8. The fourth-order valence-electron chi connectivity index (χ4n) is 1.94. The summed E-state index contributed by atoms with van der Waals surface area (Å²) in [7, 11) is 0. The first-order valence-corrected chi connectivity index (χ1v) is 7.03. The molecule has 3 aromatic rings. The molecule has 1 aromatic carbocycles. The summed E-state index contributed by atoms with van der Waals surface area (Å²) < 4.78 is 21.1. The van der Waals surface area contributed by atoms with Crippen molar-refractivity contribution in [3.05, 3.63) is 53.0 Å². The van der Waals surface area contributed by atoms with Crippen molar-refractivity contribution in [1.29, 1.82) is 0 Å². The zero-order valence-corrected chi connectivity index (χ0v) is 11.6. The van der Waals surface area contributed by atoms with Crippen LogP contribution in [0.5, 0.6) is 5.75 Å². The van der Waals surface area contributed by atoms with E-state index in [1.807, 2.05) is 22.2 Å². The van der Waals surface area contributed by atoms with E-state index in [2.05, 4.69) is 4.98 Å². The monoisotopic (exact) mass is 292 g/mol. The van der Waals surface area contributed by atoms with Crippen molar-refractivity contribution in [1.82, 2.24) is 9.38 Å². The number of imidazole rings is 1. The molecule has 1 unspecified atom stereocenters. The van der Waals surface area contributed by atoms with E-state index < -0.39 is 11.9 Å². The van der Waals surface area contributed by atoms with Crippen LogP contribution in [-0.4, -0.2) is 14.5 Å². The van der Waals surface area contributed by atoms with E-state index >= 15 is 0 Å². The highest BCUT2D eigenvalue weighted by Crippen LogP contribution is 2.22. The lowest BCUT2D eigenvalue weighted by atomic mass is 10.1. The topological polar surface area (TPSA) is 46.8 Å². The van der Waals surface area contributed by atoms with Gasteiger partial charge in [-0.2, -0.15) is 0 Å². The highest BCUT2D eigenvalue weighted by Gasteiger charge is 2.09. The molecule has 3 rings (SSSR count). The molecular formula is C14H13FN2O2S. The Labute approximate surface area is 119 Å². The molecule has 0 bridgehead atoms. The van der Waals surface area contributed by atoms with Crippen LogP contribution in [0.3, 0.4) is 0 Å². The SMILES string of the molecule is CC(O)c1ccc(OCc2cn3ccsc3n2)cc1F. The fourth-order valence-corrected chi connectivity index (χ4v) is 2.66. The predicted octanol–water partition coefficient (Wildman–Crippen LogP) is 3.17. The van der Waals surface area contributed by atoms with Crippen LogP contribution in [0.4, 0.5) is 4.39 Å². The molecule has 0 aliphatic rings. The van der Waals surface area contributed by atoms with Crippen LogP contribution in [0.15, 0.2) is 36.0 Å². The zero-order valence-electron chi connectivity index (χ0n) is 10.8. The van der Waals surface area contributed by atoms with E-state index in [9.17, 15) is 9.50 Å². The van der Waals surface area contributed by atoms with Crippen LogP contribution in [-0.2, 0) is 6.61 Å². The van der Waals surface area contributed by atoms with Gasteiger partial charge >= 0.3 is 0 Å². The number of fused-ring (bicyclic) bond motifs is 1. The Balaban J connectivity index is 1.72. The first-order valence-electron chi connectivity index (χ1n) is 6.15. The average molecular weight is 292 g/mol. The molecule has 0 fully saturated rings. The summed E-state index contributed by atoms with van der Waals surface area (Å²) >= 11 is 1.55. The van der Waals surface area contributed by atoms with Gasteiger partial charge in [0.25, 0.3) is 0 Å². The number of rotatable bonds is 4. The number of thiazole rings is 1. The van der Waals surface area contributed by atoms with E-state index in [-0.39, 0.29) is 12.2 Å². The molecule has 0 saturated carbocycles. The van der Waals surface area contributed by atoms with Gasteiger partial charge in [-0.1, -0.05) is 0 Å². The molecule has 104 valence electrons. The van der Waals surface area contributed by atoms with Crippen LogP contribution in [0.25, 0.3) is 4.96 Å². The smallest absolute Gasteiger partial charge is 0.193 e. The Kier molecular flexibility index (Phi) is 3.42. The van der Waals surface area contributed by atoms with Crippen LogP contribution in [0.2, 0.25) is 0 Å². The first kappa shape index (κ1) is 13.1. The van der Waals surface area contributed by atoms with Crippen molar-refractivity contribution in [2.75, 3.05) is 0 Å². The molecule has 0 amide bonds. The number of hydrogen-bond acceptors (Lipinski definition) is 4. The lowest BCUT2D eigenvalue weighted by molar-refractivity contribution is 0.193. The Bertz CT molecular complexity index is 707. The van der Waals surface area contributed by atoms with Gasteiger partial charge in [-0.3, -0.25) is 4.40 Å². The van der Waals surface area contributed by atoms with E-state index in [4.69, 9.17) is 4.74 Å². The Morgan fingerprint density at radius 2 is 2.35 bits per heavy atom. The summed E-state index contributed by atoms with van der Waals surface area (Å²) in [6, 6.07) is 4.45. The van der Waals surface area contributed by atoms with E-state index in [1.54, 1.807) is 17.4 Å². The van der Waals surface area contributed by atoms with Gasteiger partial charge < -0.3 is 9.84 Å². The third-order valence-electron chi connectivity index (χ3n) is 2.95. The van der Waals surface area contributed by atoms with E-state index in [0.717, 1.165) is 10.7 Å². The van der Waals surface area contributed by atoms with E-state index in [0.29, 0.717) is 5.75 Å². The standard InChI is InChI=1S/C14H13FN2O2S/c1-9(18)12-3-2-11(6-13(12)15)19-8-10-7-17-4-5-20-14(17)16-10/h2-7,9,18H,8H2,1H3. The molecule has 6 heteroatoms. The summed E-state index contributed by atoms with van der Waals surface area (Å²) in [6.07, 6.45) is 2.98. The molecule has 0 aliphatic heterocycles. The minimum atomic E-state index is -0.830. The highest BCUT2D eigenvalue weighted by atomic mass is 32.1. The van der Waals surface area contributed by atoms with Crippen LogP contribution < -0.4 is 4.74 Å². The van der Waals surface area contributed by atoms with Crippen molar-refractivity contribution in [2.24, 2.45) is 0 Å². The number of benzene rings is 1. The zero-order chi connectivity index (χ0) is 14.1. The summed E-state index contributed by atoms with van der Waals surface area (Å²) in [6.45, 7) is 1.80. The van der Waals surface area contributed by atoms with E-state index in [1.165, 1.54) is 19.1 Å². The van der Waals surface area contributed by atoms with Crippen molar-refractivity contribution in [2.45, 2.75) is 19.6 Å². The van der Waals surface area contributed by atoms with Gasteiger partial charge in [-0.25, -0.2) is 9.37 Å². The fraction of sp³-hybridized carbons (Fsp3) is 0.214. The number of nitrogens with zero attached hydrogens (tertiary/aromatic N) is 2. The van der Waals surface area contributed by atoms with Crippen LogP contribution in [0.1, 0.15) is 24.3 Å². The number of hydrogen-bond donors (Lipinski definition) is 1. The van der Waals surface area contributed by atoms with Gasteiger partial charge in [0.05, 0.1) is 11.8 Å². The average Bonchev–Trinajstić information content (AvgIpc) is 2.96. The van der Waals surface area contributed by atoms with Gasteiger partial charge in [0.1, 0.15) is 18.2 Å². The summed E-state index contributed by atoms with van der Waals surface area (Å²) in [5.41, 5.74) is 1.05. The summed E-state index contributed by atoms with van der Waals surface area (Å²) in [4.78, 5) is 5.28. The number of aromatic nitrogens is 2. The maximum Gasteiger partial charge on any atom is 0.193 e. The molecule has 2 heterocycles. The van der Waals surface area contributed by atoms with Gasteiger partial charge in [-0.15, -0.1) is 11.3 Å². The summed E-state index contributed by atoms with van der Waals surface area (Å²) in [5.74, 6) is -0.0495. The predicted molar refractivity (Wildman–Crippen MR) is 74.4 cm³/mol. The van der Waals surface area contributed by atoms with Crippen molar-refractivity contribution in [3.8, 4) is 5.75 Å². The first-order chi connectivity index (χ1) is 9.63. The largest absolute Gasteiger partial charge is 0.487 e. The quantitative estimate of drug-likeness (QED) is 0.803. The summed E-state index contributed by atoms with van der Waals surface area (Å²) in [5, 5.41) is 11.3. The van der Waals surface area contributed by atoms with Crippen molar-refractivity contribution >= 4 is 16.3 Å². The van der Waals surface area contributed by atoms with Crippen LogP contribution >= 0.6 is 11.3 Å². The second-order valence-electron chi connectivity index (χ2n) is 4.47. The van der Waals surface area contributed by atoms with Gasteiger partial charge in [-0.05, 0) is 19.1 Å². The minimum absolute atomic E-state index is 0.264. The third-order valence-corrected chi connectivity index (χ3v) is 3.72. The molecule has 0 radical (unpaired) electrons. The highest BCUT2D eigenvalue weighted by molar-refractivity contribution is 7.15. The number of aliphatic hydroxyl groups is 1. The van der Waals surface area contributed by atoms with Crippen LogP contribution in [0, 0.1) is 5.82 Å². The third kappa shape index (κ3) is 2.52. The second-order valence-corrected chi connectivity index (χ2v) is 5.35. The Hall–Kier alpha value is -1.92. The maximum atomic E-state index is 13.7. The van der Waals surface area contributed by atoms with Crippen molar-refractivity contribution < 1.29 is 14.2 Å². The van der Waals surface area contributed by atoms with Gasteiger partial charge in [0, 0.05) is 29.4 Å². The molecule has 1 N–H and O–H groups in total. The number of halogens is 1. The molecule has 2 aromatic heterocycles. The van der Waals surface area contributed by atoms with Crippen molar-refractivity contribution in [3.63, 3.8) is 0 Å². The molecule has 0 spiro atoms. The maximum absolute atomic E-state index is 13.7. The Morgan fingerprint density at radius 1 is 1.50 bits per heavy atom. The van der Waals surface area contributed by atoms with Gasteiger partial charge in [0.15, 0.2) is 4.96 Å². The molecule has 0 saturated heterocycles. The Morgan fingerprint density at radius 3 is 3.05 bits per heavy atom. The number of ether oxygens (including phenoxy) is 1. The minimum Gasteiger partial charge on any atom is -0.487 e. The molecule has 1 atom stereocenters. The van der Waals surface area contributed by atoms with Gasteiger partial charge in [0.2, 0.25) is 0 Å². The molecule has 4 nitrogen and oxygen atoms in total. The lowest BCUT2D eigenvalue weighted by Crippen LogP contribution is -1.99. The lowest BCUT2D eigenvalue weighted by Gasteiger charge is -2.09. The molecule has 20 heavy (non-hydrogen) atoms.